The second kappa shape index (κ2) is 5.70. The van der Waals surface area contributed by atoms with Crippen LogP contribution < -0.4 is 10.2 Å². The standard InChI is InChI=1S/C15H23FN2/c1-11(2)18(10-12-7-8-12)15-6-4-5-14(16)13(15)9-17-3/h4-6,11-12,17H,7-10H2,1-3H3. The van der Waals surface area contributed by atoms with Gasteiger partial charge < -0.3 is 10.2 Å². The molecule has 1 saturated carbocycles. The molecule has 3 heteroatoms. The highest BCUT2D eigenvalue weighted by atomic mass is 19.1. The molecule has 2 rings (SSSR count). The van der Waals surface area contributed by atoms with Gasteiger partial charge in [-0.25, -0.2) is 4.39 Å². The second-order valence-electron chi connectivity index (χ2n) is 5.46. The lowest BCUT2D eigenvalue weighted by atomic mass is 10.1. The summed E-state index contributed by atoms with van der Waals surface area (Å²) in [4.78, 5) is 2.34. The van der Waals surface area contributed by atoms with E-state index in [9.17, 15) is 4.39 Å². The quantitative estimate of drug-likeness (QED) is 0.834. The Kier molecular flexibility index (Phi) is 4.23. The van der Waals surface area contributed by atoms with Crippen LogP contribution in [-0.2, 0) is 6.54 Å². The zero-order valence-corrected chi connectivity index (χ0v) is 11.5. The van der Waals surface area contributed by atoms with Gasteiger partial charge in [0, 0.05) is 30.4 Å². The number of rotatable bonds is 6. The summed E-state index contributed by atoms with van der Waals surface area (Å²) >= 11 is 0. The van der Waals surface area contributed by atoms with Crippen molar-refractivity contribution in [3.63, 3.8) is 0 Å². The molecule has 0 unspecified atom stereocenters. The maximum absolute atomic E-state index is 13.9. The van der Waals surface area contributed by atoms with Crippen molar-refractivity contribution in [2.45, 2.75) is 39.3 Å². The van der Waals surface area contributed by atoms with Gasteiger partial charge in [0.15, 0.2) is 0 Å². The van der Waals surface area contributed by atoms with Gasteiger partial charge in [0.1, 0.15) is 5.82 Å². The minimum Gasteiger partial charge on any atom is -0.368 e. The van der Waals surface area contributed by atoms with Gasteiger partial charge in [-0.1, -0.05) is 6.07 Å². The lowest BCUT2D eigenvalue weighted by Gasteiger charge is -2.31. The molecule has 1 aliphatic carbocycles. The number of nitrogens with zero attached hydrogens (tertiary/aromatic N) is 1. The first kappa shape index (κ1) is 13.3. The molecular weight excluding hydrogens is 227 g/mol. The summed E-state index contributed by atoms with van der Waals surface area (Å²) in [7, 11) is 1.86. The van der Waals surface area contributed by atoms with Crippen LogP contribution in [-0.4, -0.2) is 19.6 Å². The van der Waals surface area contributed by atoms with E-state index < -0.39 is 0 Å². The summed E-state index contributed by atoms with van der Waals surface area (Å²) in [5.41, 5.74) is 1.83. The van der Waals surface area contributed by atoms with Gasteiger partial charge in [0.05, 0.1) is 0 Å². The first-order chi connectivity index (χ1) is 8.63. The Morgan fingerprint density at radius 1 is 1.39 bits per heavy atom. The van der Waals surface area contributed by atoms with Gasteiger partial charge in [-0.05, 0) is 51.8 Å². The van der Waals surface area contributed by atoms with E-state index in [1.807, 2.05) is 19.2 Å². The van der Waals surface area contributed by atoms with Gasteiger partial charge in [-0.3, -0.25) is 0 Å². The molecule has 100 valence electrons. The number of anilines is 1. The van der Waals surface area contributed by atoms with Crippen LogP contribution in [0.4, 0.5) is 10.1 Å². The largest absolute Gasteiger partial charge is 0.368 e. The molecule has 0 atom stereocenters. The molecule has 0 heterocycles. The monoisotopic (exact) mass is 250 g/mol. The Bertz CT molecular complexity index is 399. The number of hydrogen-bond donors (Lipinski definition) is 1. The van der Waals surface area contributed by atoms with E-state index in [2.05, 4.69) is 24.1 Å². The zero-order valence-electron chi connectivity index (χ0n) is 11.5. The average Bonchev–Trinajstić information content (AvgIpc) is 3.13. The predicted molar refractivity (Wildman–Crippen MR) is 74.4 cm³/mol. The van der Waals surface area contributed by atoms with Crippen LogP contribution in [0.5, 0.6) is 0 Å². The van der Waals surface area contributed by atoms with Crippen molar-refractivity contribution in [2.75, 3.05) is 18.5 Å². The van der Waals surface area contributed by atoms with Crippen LogP contribution in [0.25, 0.3) is 0 Å². The first-order valence-corrected chi connectivity index (χ1v) is 6.82. The third kappa shape index (κ3) is 3.02. The van der Waals surface area contributed by atoms with Crippen LogP contribution in [0.15, 0.2) is 18.2 Å². The lowest BCUT2D eigenvalue weighted by molar-refractivity contribution is 0.589. The molecule has 1 fully saturated rings. The van der Waals surface area contributed by atoms with E-state index in [0.717, 1.165) is 23.7 Å². The molecule has 0 radical (unpaired) electrons. The van der Waals surface area contributed by atoms with Crippen molar-refractivity contribution >= 4 is 5.69 Å². The average molecular weight is 250 g/mol. The predicted octanol–water partition coefficient (Wildman–Crippen LogP) is 3.17. The van der Waals surface area contributed by atoms with E-state index in [-0.39, 0.29) is 5.82 Å². The third-order valence-electron chi connectivity index (χ3n) is 3.53. The molecule has 2 nitrogen and oxygen atoms in total. The normalized spacial score (nSPS) is 15.2. The lowest BCUT2D eigenvalue weighted by Crippen LogP contribution is -2.34. The van der Waals surface area contributed by atoms with Gasteiger partial charge >= 0.3 is 0 Å². The summed E-state index contributed by atoms with van der Waals surface area (Å²) in [5, 5.41) is 3.06. The van der Waals surface area contributed by atoms with E-state index >= 15 is 0 Å². The van der Waals surface area contributed by atoms with E-state index in [0.29, 0.717) is 12.6 Å². The van der Waals surface area contributed by atoms with E-state index in [1.165, 1.54) is 12.8 Å². The molecule has 1 aliphatic rings. The maximum atomic E-state index is 13.9. The van der Waals surface area contributed by atoms with Crippen LogP contribution >= 0.6 is 0 Å². The summed E-state index contributed by atoms with van der Waals surface area (Å²) in [6.07, 6.45) is 2.64. The summed E-state index contributed by atoms with van der Waals surface area (Å²) in [6, 6.07) is 5.80. The SMILES string of the molecule is CNCc1c(F)cccc1N(CC1CC1)C(C)C. The zero-order chi connectivity index (χ0) is 13.1. The minimum absolute atomic E-state index is 0.108. The smallest absolute Gasteiger partial charge is 0.129 e. The molecule has 0 spiro atoms. The van der Waals surface area contributed by atoms with Crippen molar-refractivity contribution < 1.29 is 4.39 Å². The third-order valence-corrected chi connectivity index (χ3v) is 3.53. The fourth-order valence-electron chi connectivity index (χ4n) is 2.33. The summed E-state index contributed by atoms with van der Waals surface area (Å²) in [5.74, 6) is 0.696. The molecule has 0 bridgehead atoms. The Balaban J connectivity index is 2.29. The van der Waals surface area contributed by atoms with Crippen molar-refractivity contribution in [3.05, 3.63) is 29.6 Å². The van der Waals surface area contributed by atoms with Gasteiger partial charge in [0.2, 0.25) is 0 Å². The van der Waals surface area contributed by atoms with Gasteiger partial charge in [-0.2, -0.15) is 0 Å². The topological polar surface area (TPSA) is 15.3 Å². The highest BCUT2D eigenvalue weighted by molar-refractivity contribution is 5.55. The molecule has 1 aromatic carbocycles. The van der Waals surface area contributed by atoms with Crippen LogP contribution in [0.3, 0.4) is 0 Å². The first-order valence-electron chi connectivity index (χ1n) is 6.82. The van der Waals surface area contributed by atoms with Gasteiger partial charge in [-0.15, -0.1) is 0 Å². The summed E-state index contributed by atoms with van der Waals surface area (Å²) < 4.78 is 13.9. The number of hydrogen-bond acceptors (Lipinski definition) is 2. The number of nitrogens with one attached hydrogen (secondary N) is 1. The highest BCUT2D eigenvalue weighted by Crippen LogP contribution is 2.34. The van der Waals surface area contributed by atoms with E-state index in [1.54, 1.807) is 6.07 Å². The molecular formula is C15H23FN2. The van der Waals surface area contributed by atoms with Crippen molar-refractivity contribution in [1.82, 2.24) is 5.32 Å². The van der Waals surface area contributed by atoms with Crippen molar-refractivity contribution in [3.8, 4) is 0 Å². The minimum atomic E-state index is -0.108. The molecule has 1 aromatic rings. The second-order valence-corrected chi connectivity index (χ2v) is 5.46. The van der Waals surface area contributed by atoms with E-state index in [4.69, 9.17) is 0 Å². The molecule has 0 saturated heterocycles. The Labute approximate surface area is 109 Å². The van der Waals surface area contributed by atoms with Crippen molar-refractivity contribution in [1.29, 1.82) is 0 Å². The Morgan fingerprint density at radius 2 is 2.11 bits per heavy atom. The Hall–Kier alpha value is -1.09. The molecule has 18 heavy (non-hydrogen) atoms. The van der Waals surface area contributed by atoms with Crippen LogP contribution in [0.1, 0.15) is 32.3 Å². The number of halogens is 1. The Morgan fingerprint density at radius 3 is 2.67 bits per heavy atom. The molecule has 0 amide bonds. The molecule has 1 N–H and O–H groups in total. The summed E-state index contributed by atoms with van der Waals surface area (Å²) in [6.45, 7) is 5.99. The fourth-order valence-corrected chi connectivity index (χ4v) is 2.33. The van der Waals surface area contributed by atoms with Gasteiger partial charge in [0.25, 0.3) is 0 Å². The molecule has 0 aliphatic heterocycles. The molecule has 0 aromatic heterocycles. The maximum Gasteiger partial charge on any atom is 0.129 e. The number of benzene rings is 1. The van der Waals surface area contributed by atoms with Crippen LogP contribution in [0.2, 0.25) is 0 Å². The van der Waals surface area contributed by atoms with Crippen LogP contribution in [0, 0.1) is 11.7 Å². The highest BCUT2D eigenvalue weighted by Gasteiger charge is 2.27. The fraction of sp³-hybridized carbons (Fsp3) is 0.600. The van der Waals surface area contributed by atoms with Crippen molar-refractivity contribution in [2.24, 2.45) is 5.92 Å².